The molecule has 1 saturated heterocycles. The van der Waals surface area contributed by atoms with Gasteiger partial charge in [0.15, 0.2) is 0 Å². The lowest BCUT2D eigenvalue weighted by Gasteiger charge is -2.35. The predicted molar refractivity (Wildman–Crippen MR) is 206 cm³/mol. The highest BCUT2D eigenvalue weighted by Gasteiger charge is 2.47. The number of allylic oxidation sites excluding steroid dienone is 1. The maximum atomic E-state index is 14.8. The molecule has 14 nitrogen and oxygen atoms in total. The number of cyclic esters (lactones) is 1. The molecule has 3 fully saturated rings. The molecule has 298 valence electrons. The van der Waals surface area contributed by atoms with Crippen molar-refractivity contribution in [2.24, 2.45) is 17.3 Å². The zero-order chi connectivity index (χ0) is 39.5. The number of nitrogens with one attached hydrogen (secondary N) is 3. The van der Waals surface area contributed by atoms with Crippen LogP contribution in [0.5, 0.6) is 11.6 Å². The highest BCUT2D eigenvalue weighted by molar-refractivity contribution is 7.90. The summed E-state index contributed by atoms with van der Waals surface area (Å²) in [7, 11) is -2.31. The summed E-state index contributed by atoms with van der Waals surface area (Å²) in [6.45, 7) is 9.44. The van der Waals surface area contributed by atoms with E-state index >= 15 is 0 Å². The number of fused-ring (bicyclic) bond motifs is 3. The van der Waals surface area contributed by atoms with Gasteiger partial charge in [-0.15, -0.1) is 6.58 Å². The second kappa shape index (κ2) is 16.6. The number of carbonyl (C=O) groups excluding carboxylic acids is 4. The van der Waals surface area contributed by atoms with Gasteiger partial charge >= 0.3 is 6.09 Å². The number of hydrogen-bond donors (Lipinski definition) is 3. The predicted octanol–water partition coefficient (Wildman–Crippen LogP) is 4.63. The van der Waals surface area contributed by atoms with Crippen LogP contribution in [0, 0.1) is 17.3 Å². The van der Waals surface area contributed by atoms with E-state index in [1.54, 1.807) is 20.2 Å². The topological polar surface area (TPSA) is 182 Å². The van der Waals surface area contributed by atoms with Gasteiger partial charge in [-0.05, 0) is 61.6 Å². The molecule has 5 atom stereocenters. The number of rotatable bonds is 9. The number of sulfonamides is 1. The Labute approximate surface area is 322 Å². The molecule has 2 aromatic rings. The largest absolute Gasteiger partial charge is 0.496 e. The number of amides is 4. The molecule has 2 saturated carbocycles. The summed E-state index contributed by atoms with van der Waals surface area (Å²) >= 11 is 0. The van der Waals surface area contributed by atoms with Crippen LogP contribution < -0.4 is 24.8 Å². The molecule has 3 heterocycles. The fourth-order valence-corrected chi connectivity index (χ4v) is 8.96. The standard InChI is InChI=1S/C40H53N5O9S/c1-6-24(2)33(36(47)44-55(50,51)29-14-15-29)42-35(46)31-21-28-22-45(31)38(48)34(25-11-8-7-9-12-25)43-39(49)53-23-40(3,4)17-10-13-27-19-30-26(20-32(27)52-5)16-18-41-37(30)54-28/h6,10,13,16,18-20,24-25,28-29,31,33-34H,1,7-9,11-12,14-15,17,21-23H2,2-5H3,(H,42,46)(H,43,49)(H,44,47)/b13-10+/t24-,28+,31-,33?,34-/m0/s1. The lowest BCUT2D eigenvalue weighted by molar-refractivity contribution is -0.142. The Kier molecular flexibility index (Phi) is 12.1. The molecule has 1 aromatic heterocycles. The molecular weight excluding hydrogens is 727 g/mol. The molecule has 1 aromatic carbocycles. The normalized spacial score (nSPS) is 25.3. The van der Waals surface area contributed by atoms with Crippen molar-refractivity contribution in [3.63, 3.8) is 0 Å². The quantitative estimate of drug-likeness (QED) is 0.304. The second-order valence-electron chi connectivity index (χ2n) is 16.1. The first kappa shape index (κ1) is 40.0. The molecule has 3 N–H and O–H groups in total. The number of benzene rings is 1. The van der Waals surface area contributed by atoms with E-state index in [1.165, 1.54) is 11.0 Å². The Morgan fingerprint density at radius 3 is 2.58 bits per heavy atom. The van der Waals surface area contributed by atoms with Crippen LogP contribution in [-0.2, 0) is 29.1 Å². The summed E-state index contributed by atoms with van der Waals surface area (Å²) in [5, 5.41) is 6.48. The number of ether oxygens (including phenoxy) is 3. The zero-order valence-electron chi connectivity index (χ0n) is 32.0. The van der Waals surface area contributed by atoms with Crippen molar-refractivity contribution in [1.29, 1.82) is 0 Å². The van der Waals surface area contributed by atoms with E-state index in [9.17, 15) is 27.6 Å². The third-order valence-corrected chi connectivity index (χ3v) is 12.9. The minimum Gasteiger partial charge on any atom is -0.496 e. The van der Waals surface area contributed by atoms with Gasteiger partial charge in [0, 0.05) is 34.9 Å². The molecule has 4 amide bonds. The van der Waals surface area contributed by atoms with E-state index in [2.05, 4.69) is 26.9 Å². The monoisotopic (exact) mass is 779 g/mol. The number of hydrogen-bond acceptors (Lipinski definition) is 10. The van der Waals surface area contributed by atoms with Crippen LogP contribution in [0.2, 0.25) is 0 Å². The summed E-state index contributed by atoms with van der Waals surface area (Å²) in [4.78, 5) is 61.9. The minimum atomic E-state index is -3.91. The van der Waals surface area contributed by atoms with Crippen LogP contribution in [-0.4, -0.2) is 91.9 Å². The summed E-state index contributed by atoms with van der Waals surface area (Å²) in [5.41, 5.74) is 0.335. The molecule has 0 radical (unpaired) electrons. The molecule has 55 heavy (non-hydrogen) atoms. The van der Waals surface area contributed by atoms with Gasteiger partial charge in [-0.2, -0.15) is 0 Å². The van der Waals surface area contributed by atoms with Gasteiger partial charge in [0.05, 0.1) is 25.5 Å². The third-order valence-electron chi connectivity index (χ3n) is 11.1. The van der Waals surface area contributed by atoms with E-state index in [4.69, 9.17) is 14.2 Å². The average Bonchev–Trinajstić information content (AvgIpc) is 3.95. The zero-order valence-corrected chi connectivity index (χ0v) is 32.9. The number of carbonyl (C=O) groups is 4. The molecule has 2 aliphatic heterocycles. The smallest absolute Gasteiger partial charge is 0.407 e. The average molecular weight is 780 g/mol. The van der Waals surface area contributed by atoms with E-state index in [1.807, 2.05) is 44.2 Å². The van der Waals surface area contributed by atoms with Crippen LogP contribution in [0.25, 0.3) is 16.8 Å². The summed E-state index contributed by atoms with van der Waals surface area (Å²) < 4.78 is 45.5. The van der Waals surface area contributed by atoms with Gasteiger partial charge in [0.2, 0.25) is 27.7 Å². The van der Waals surface area contributed by atoms with Gasteiger partial charge in [-0.3, -0.25) is 19.1 Å². The number of aromatic nitrogens is 1. The molecule has 15 heteroatoms. The third kappa shape index (κ3) is 9.42. The molecule has 4 bridgehead atoms. The van der Waals surface area contributed by atoms with Crippen LogP contribution in [0.15, 0.2) is 43.1 Å². The van der Waals surface area contributed by atoms with E-state index in [0.29, 0.717) is 49.1 Å². The van der Waals surface area contributed by atoms with Crippen molar-refractivity contribution in [3.05, 3.63) is 48.7 Å². The van der Waals surface area contributed by atoms with Crippen LogP contribution in [0.1, 0.15) is 84.1 Å². The first-order valence-corrected chi connectivity index (χ1v) is 20.8. The Bertz CT molecular complexity index is 1940. The second-order valence-corrected chi connectivity index (χ2v) is 18.0. The Morgan fingerprint density at radius 2 is 1.89 bits per heavy atom. The maximum absolute atomic E-state index is 14.8. The van der Waals surface area contributed by atoms with E-state index in [-0.39, 0.29) is 25.5 Å². The lowest BCUT2D eigenvalue weighted by atomic mass is 9.83. The van der Waals surface area contributed by atoms with Crippen molar-refractivity contribution < 1.29 is 41.8 Å². The fraction of sp³-hybridized carbons (Fsp3) is 0.575. The lowest BCUT2D eigenvalue weighted by Crippen LogP contribution is -2.59. The molecule has 4 aliphatic rings. The maximum Gasteiger partial charge on any atom is 0.407 e. The van der Waals surface area contributed by atoms with Gasteiger partial charge in [-0.25, -0.2) is 18.2 Å². The first-order valence-electron chi connectivity index (χ1n) is 19.2. The van der Waals surface area contributed by atoms with Crippen molar-refractivity contribution >= 4 is 50.7 Å². The van der Waals surface area contributed by atoms with Gasteiger partial charge in [-0.1, -0.05) is 58.3 Å². The first-order chi connectivity index (χ1) is 26.2. The van der Waals surface area contributed by atoms with Gasteiger partial charge in [0.25, 0.3) is 5.91 Å². The number of alkyl carbamates (subject to hydrolysis) is 1. The number of pyridine rings is 1. The highest BCUT2D eigenvalue weighted by atomic mass is 32.2. The molecule has 0 spiro atoms. The summed E-state index contributed by atoms with van der Waals surface area (Å²) in [6.07, 6.45) is 11.3. The Balaban J connectivity index is 1.37. The van der Waals surface area contributed by atoms with Crippen molar-refractivity contribution in [3.8, 4) is 11.6 Å². The molecular formula is C40H53N5O9S. The SMILES string of the molecule is C=C[C@H](C)C(NC(=O)[C@@H]1C[C@@H]2CN1C(=O)[C@H](C1CCCCC1)NC(=O)OCC(C)(C)C/C=C/c1cc3c(nccc3cc1OC)O2)C(=O)NS(=O)(=O)C1CC1. The molecule has 1 unspecified atom stereocenters. The number of nitrogens with zero attached hydrogens (tertiary/aromatic N) is 2. The van der Waals surface area contributed by atoms with Crippen LogP contribution >= 0.6 is 0 Å². The molecule has 6 rings (SSSR count). The number of methoxy groups -OCH3 is 1. The Hall–Kier alpha value is -4.66. The Morgan fingerprint density at radius 1 is 1.15 bits per heavy atom. The van der Waals surface area contributed by atoms with Crippen molar-refractivity contribution in [1.82, 2.24) is 25.2 Å². The highest BCUT2D eigenvalue weighted by Crippen LogP contribution is 2.35. The van der Waals surface area contributed by atoms with Crippen LogP contribution in [0.4, 0.5) is 4.79 Å². The van der Waals surface area contributed by atoms with Crippen LogP contribution in [0.3, 0.4) is 0 Å². The van der Waals surface area contributed by atoms with Crippen molar-refractivity contribution in [2.45, 2.75) is 108 Å². The van der Waals surface area contributed by atoms with Gasteiger partial charge < -0.3 is 29.7 Å². The summed E-state index contributed by atoms with van der Waals surface area (Å²) in [6, 6.07) is 2.25. The summed E-state index contributed by atoms with van der Waals surface area (Å²) in [5.74, 6) is -1.93. The molecule has 2 aliphatic carbocycles. The van der Waals surface area contributed by atoms with E-state index < -0.39 is 74.7 Å². The van der Waals surface area contributed by atoms with Crippen molar-refractivity contribution in [2.75, 3.05) is 20.3 Å². The minimum absolute atomic E-state index is 0.0190. The van der Waals surface area contributed by atoms with E-state index in [0.717, 1.165) is 30.2 Å². The fourth-order valence-electron chi connectivity index (χ4n) is 7.63. The van der Waals surface area contributed by atoms with Gasteiger partial charge in [0.1, 0.15) is 30.0 Å².